The summed E-state index contributed by atoms with van der Waals surface area (Å²) in [5.41, 5.74) is 1.45. The van der Waals surface area contributed by atoms with Crippen LogP contribution in [0.5, 0.6) is 5.75 Å². The van der Waals surface area contributed by atoms with E-state index in [9.17, 15) is 4.79 Å². The van der Waals surface area contributed by atoms with Crippen LogP contribution in [0.25, 0.3) is 0 Å². The molecule has 1 saturated heterocycles. The van der Waals surface area contributed by atoms with E-state index in [-0.39, 0.29) is 11.7 Å². The van der Waals surface area contributed by atoms with Crippen LogP contribution in [0.3, 0.4) is 0 Å². The summed E-state index contributed by atoms with van der Waals surface area (Å²) in [4.78, 5) is 15.0. The third-order valence-electron chi connectivity index (χ3n) is 5.75. The molecule has 33 heavy (non-hydrogen) atoms. The van der Waals surface area contributed by atoms with E-state index in [0.717, 1.165) is 43.2 Å². The molecule has 0 atom stereocenters. The largest absolute Gasteiger partial charge is 0.495 e. The zero-order valence-corrected chi connectivity index (χ0v) is 20.6. The first-order chi connectivity index (χ1) is 15.9. The van der Waals surface area contributed by atoms with E-state index in [1.807, 2.05) is 23.6 Å². The number of nitrogens with one attached hydrogen (secondary N) is 1. The second-order valence-electron chi connectivity index (χ2n) is 8.26. The molecule has 1 aromatic carbocycles. The van der Waals surface area contributed by atoms with E-state index in [1.54, 1.807) is 25.5 Å². The molecule has 1 aliphatic heterocycles. The number of rotatable bonds is 8. The van der Waals surface area contributed by atoms with Gasteiger partial charge in [0.05, 0.1) is 31.4 Å². The van der Waals surface area contributed by atoms with Crippen molar-refractivity contribution in [3.05, 3.63) is 46.9 Å². The van der Waals surface area contributed by atoms with Crippen LogP contribution in [-0.2, 0) is 11.3 Å². The standard InChI is InChI=1S/C23H28ClN5O3S/c1-15-6-8-28(9-7-15)22-26-27-23(29(22)13-17-5-4-10-32-17)33-14-21(30)25-19-11-16(2)18(24)12-20(19)31-3/h4-5,10-12,15H,6-9,13-14H2,1-3H3,(H,25,30). The lowest BCUT2D eigenvalue weighted by molar-refractivity contribution is -0.113. The predicted octanol–water partition coefficient (Wildman–Crippen LogP) is 4.86. The lowest BCUT2D eigenvalue weighted by Gasteiger charge is -2.31. The minimum absolute atomic E-state index is 0.166. The highest BCUT2D eigenvalue weighted by Crippen LogP contribution is 2.32. The molecule has 1 amide bonds. The number of amides is 1. The van der Waals surface area contributed by atoms with Crippen molar-refractivity contribution in [1.29, 1.82) is 0 Å². The van der Waals surface area contributed by atoms with Crippen molar-refractivity contribution in [2.75, 3.05) is 36.2 Å². The summed E-state index contributed by atoms with van der Waals surface area (Å²) in [5, 5.41) is 13.0. The van der Waals surface area contributed by atoms with Gasteiger partial charge >= 0.3 is 0 Å². The second-order valence-corrected chi connectivity index (χ2v) is 9.61. The van der Waals surface area contributed by atoms with Gasteiger partial charge in [-0.3, -0.25) is 9.36 Å². The molecular formula is C23H28ClN5O3S. The maximum Gasteiger partial charge on any atom is 0.234 e. The Bertz CT molecular complexity index is 1090. The summed E-state index contributed by atoms with van der Waals surface area (Å²) in [7, 11) is 1.55. The van der Waals surface area contributed by atoms with Crippen molar-refractivity contribution in [3.63, 3.8) is 0 Å². The smallest absolute Gasteiger partial charge is 0.234 e. The topological polar surface area (TPSA) is 85.4 Å². The van der Waals surface area contributed by atoms with Crippen molar-refractivity contribution < 1.29 is 13.9 Å². The van der Waals surface area contributed by atoms with E-state index in [4.69, 9.17) is 20.8 Å². The van der Waals surface area contributed by atoms with Crippen molar-refractivity contribution >= 4 is 40.9 Å². The number of ether oxygens (including phenoxy) is 1. The normalized spacial score (nSPS) is 14.5. The molecule has 1 aliphatic rings. The number of furan rings is 1. The van der Waals surface area contributed by atoms with Crippen molar-refractivity contribution in [2.45, 2.75) is 38.4 Å². The Morgan fingerprint density at radius 3 is 2.82 bits per heavy atom. The number of benzene rings is 1. The van der Waals surface area contributed by atoms with Gasteiger partial charge in [0.25, 0.3) is 0 Å². The first-order valence-corrected chi connectivity index (χ1v) is 12.3. The molecule has 3 aromatic rings. The Hall–Kier alpha value is -2.65. The predicted molar refractivity (Wildman–Crippen MR) is 131 cm³/mol. The molecule has 2 aromatic heterocycles. The summed E-state index contributed by atoms with van der Waals surface area (Å²) < 4.78 is 12.9. The number of piperidine rings is 1. The Labute approximate surface area is 202 Å². The number of aryl methyl sites for hydroxylation is 1. The third-order valence-corrected chi connectivity index (χ3v) is 7.12. The van der Waals surface area contributed by atoms with Gasteiger partial charge in [0, 0.05) is 24.2 Å². The maximum atomic E-state index is 12.7. The van der Waals surface area contributed by atoms with Gasteiger partial charge in [-0.2, -0.15) is 0 Å². The number of nitrogens with zero attached hydrogens (tertiary/aromatic N) is 4. The first-order valence-electron chi connectivity index (χ1n) is 10.9. The highest BCUT2D eigenvalue weighted by atomic mass is 35.5. The van der Waals surface area contributed by atoms with Crippen molar-refractivity contribution in [1.82, 2.24) is 14.8 Å². The van der Waals surface area contributed by atoms with Crippen LogP contribution in [0, 0.1) is 12.8 Å². The van der Waals surface area contributed by atoms with Crippen molar-refractivity contribution in [3.8, 4) is 5.75 Å². The summed E-state index contributed by atoms with van der Waals surface area (Å²) in [6, 6.07) is 7.30. The fourth-order valence-electron chi connectivity index (χ4n) is 3.77. The molecule has 0 radical (unpaired) electrons. The van der Waals surface area contributed by atoms with Crippen LogP contribution in [0.2, 0.25) is 5.02 Å². The summed E-state index contributed by atoms with van der Waals surface area (Å²) >= 11 is 7.51. The minimum atomic E-state index is -0.166. The van der Waals surface area contributed by atoms with Crippen LogP contribution in [0.4, 0.5) is 11.6 Å². The number of carbonyl (C=O) groups is 1. The molecule has 0 unspecified atom stereocenters. The van der Waals surface area contributed by atoms with E-state index in [0.29, 0.717) is 34.1 Å². The van der Waals surface area contributed by atoms with Gasteiger partial charge in [-0.1, -0.05) is 30.3 Å². The lowest BCUT2D eigenvalue weighted by Crippen LogP contribution is -2.35. The number of carbonyl (C=O) groups excluding carboxylic acids is 1. The molecule has 3 heterocycles. The maximum absolute atomic E-state index is 12.7. The molecule has 8 nitrogen and oxygen atoms in total. The van der Waals surface area contributed by atoms with Crippen LogP contribution in [-0.4, -0.2) is 46.6 Å². The minimum Gasteiger partial charge on any atom is -0.495 e. The van der Waals surface area contributed by atoms with Gasteiger partial charge in [0.1, 0.15) is 11.5 Å². The fourth-order valence-corrected chi connectivity index (χ4v) is 4.66. The van der Waals surface area contributed by atoms with Crippen LogP contribution < -0.4 is 15.0 Å². The summed E-state index contributed by atoms with van der Waals surface area (Å²) in [6.07, 6.45) is 3.91. The number of hydrogen-bond donors (Lipinski definition) is 1. The second kappa shape index (κ2) is 10.5. The van der Waals surface area contributed by atoms with Gasteiger partial charge in [0.2, 0.25) is 11.9 Å². The number of hydrogen-bond acceptors (Lipinski definition) is 7. The SMILES string of the molecule is COc1cc(Cl)c(C)cc1NC(=O)CSc1nnc(N2CCC(C)CC2)n1Cc1ccco1. The van der Waals surface area contributed by atoms with E-state index in [2.05, 4.69) is 27.3 Å². The summed E-state index contributed by atoms with van der Waals surface area (Å²) in [6.45, 7) is 6.56. The van der Waals surface area contributed by atoms with Crippen LogP contribution in [0.15, 0.2) is 40.1 Å². The lowest BCUT2D eigenvalue weighted by atomic mass is 10.00. The number of halogens is 1. The van der Waals surface area contributed by atoms with Crippen LogP contribution in [0.1, 0.15) is 31.1 Å². The average Bonchev–Trinajstić information content (AvgIpc) is 3.46. The van der Waals surface area contributed by atoms with Gasteiger partial charge in [-0.15, -0.1) is 10.2 Å². The Balaban J connectivity index is 1.48. The van der Waals surface area contributed by atoms with Gasteiger partial charge in [-0.25, -0.2) is 0 Å². The van der Waals surface area contributed by atoms with E-state index >= 15 is 0 Å². The van der Waals surface area contributed by atoms with E-state index in [1.165, 1.54) is 11.8 Å². The quantitative estimate of drug-likeness (QED) is 0.452. The molecule has 176 valence electrons. The van der Waals surface area contributed by atoms with Gasteiger partial charge in [-0.05, 0) is 49.4 Å². The molecule has 1 N–H and O–H groups in total. The number of aromatic nitrogens is 3. The molecule has 0 aliphatic carbocycles. The highest BCUT2D eigenvalue weighted by molar-refractivity contribution is 7.99. The zero-order valence-electron chi connectivity index (χ0n) is 19.0. The van der Waals surface area contributed by atoms with Crippen LogP contribution >= 0.6 is 23.4 Å². The highest BCUT2D eigenvalue weighted by Gasteiger charge is 2.24. The molecular weight excluding hydrogens is 462 g/mol. The molecule has 1 fully saturated rings. The average molecular weight is 490 g/mol. The molecule has 0 bridgehead atoms. The fraction of sp³-hybridized carbons (Fsp3) is 0.435. The van der Waals surface area contributed by atoms with Gasteiger partial charge in [0.15, 0.2) is 5.16 Å². The van der Waals surface area contributed by atoms with E-state index < -0.39 is 0 Å². The Kier molecular flexibility index (Phi) is 7.49. The molecule has 0 spiro atoms. The zero-order chi connectivity index (χ0) is 23.4. The summed E-state index contributed by atoms with van der Waals surface area (Å²) in [5.74, 6) is 2.88. The third kappa shape index (κ3) is 5.65. The number of thioether (sulfide) groups is 1. The number of anilines is 2. The Morgan fingerprint density at radius 1 is 1.33 bits per heavy atom. The molecule has 0 saturated carbocycles. The molecule has 4 rings (SSSR count). The van der Waals surface area contributed by atoms with Gasteiger partial charge < -0.3 is 19.4 Å². The number of methoxy groups -OCH3 is 1. The Morgan fingerprint density at radius 2 is 2.12 bits per heavy atom. The monoisotopic (exact) mass is 489 g/mol. The molecule has 10 heteroatoms. The van der Waals surface area contributed by atoms with Crippen molar-refractivity contribution in [2.24, 2.45) is 5.92 Å². The first kappa shape index (κ1) is 23.5.